The summed E-state index contributed by atoms with van der Waals surface area (Å²) in [7, 11) is 0. The summed E-state index contributed by atoms with van der Waals surface area (Å²) in [5.74, 6) is 0.696. The summed E-state index contributed by atoms with van der Waals surface area (Å²) in [6.45, 7) is 2.21. The highest BCUT2D eigenvalue weighted by Crippen LogP contribution is 2.41. The van der Waals surface area contributed by atoms with Crippen molar-refractivity contribution in [3.05, 3.63) is 23.3 Å². The van der Waals surface area contributed by atoms with Gasteiger partial charge < -0.3 is 5.11 Å². The molecule has 10 heavy (non-hydrogen) atoms. The first kappa shape index (κ1) is 6.17. The molecule has 2 rings (SSSR count). The van der Waals surface area contributed by atoms with E-state index >= 15 is 0 Å². The third kappa shape index (κ3) is 0.739. The minimum Gasteiger partial charge on any atom is -0.389 e. The highest BCUT2D eigenvalue weighted by Gasteiger charge is 2.28. The SMILES string of the molecule is CC1CC2=CCC(O)C=C21. The summed E-state index contributed by atoms with van der Waals surface area (Å²) >= 11 is 0. The van der Waals surface area contributed by atoms with Gasteiger partial charge in [-0.3, -0.25) is 0 Å². The zero-order chi connectivity index (χ0) is 7.14. The van der Waals surface area contributed by atoms with Crippen LogP contribution in [0.5, 0.6) is 0 Å². The first-order valence-electron chi connectivity index (χ1n) is 3.86. The van der Waals surface area contributed by atoms with Crippen molar-refractivity contribution in [2.75, 3.05) is 0 Å². The normalized spacial score (nSPS) is 37.4. The zero-order valence-electron chi connectivity index (χ0n) is 6.17. The number of hydrogen-bond donors (Lipinski definition) is 1. The Bertz CT molecular complexity index is 211. The molecule has 0 amide bonds. The van der Waals surface area contributed by atoms with Crippen LogP contribution in [0.1, 0.15) is 19.8 Å². The van der Waals surface area contributed by atoms with E-state index in [1.54, 1.807) is 0 Å². The predicted molar refractivity (Wildman–Crippen MR) is 40.6 cm³/mol. The van der Waals surface area contributed by atoms with Crippen molar-refractivity contribution in [3.63, 3.8) is 0 Å². The first-order valence-corrected chi connectivity index (χ1v) is 3.86. The van der Waals surface area contributed by atoms with E-state index in [4.69, 9.17) is 0 Å². The summed E-state index contributed by atoms with van der Waals surface area (Å²) in [5.41, 5.74) is 2.86. The van der Waals surface area contributed by atoms with Gasteiger partial charge >= 0.3 is 0 Å². The van der Waals surface area contributed by atoms with Gasteiger partial charge in [-0.15, -0.1) is 0 Å². The number of allylic oxidation sites excluding steroid dienone is 2. The molecular formula is C9H12O. The van der Waals surface area contributed by atoms with Crippen molar-refractivity contribution in [2.24, 2.45) is 5.92 Å². The van der Waals surface area contributed by atoms with Crippen molar-refractivity contribution in [1.82, 2.24) is 0 Å². The Morgan fingerprint density at radius 1 is 1.60 bits per heavy atom. The Balaban J connectivity index is 2.24. The van der Waals surface area contributed by atoms with Crippen LogP contribution in [0.3, 0.4) is 0 Å². The molecule has 54 valence electrons. The lowest BCUT2D eigenvalue weighted by Gasteiger charge is -2.34. The van der Waals surface area contributed by atoms with Gasteiger partial charge in [0, 0.05) is 0 Å². The molecular weight excluding hydrogens is 124 g/mol. The Morgan fingerprint density at radius 2 is 2.40 bits per heavy atom. The van der Waals surface area contributed by atoms with Crippen LogP contribution in [-0.2, 0) is 0 Å². The maximum Gasteiger partial charge on any atom is 0.0761 e. The van der Waals surface area contributed by atoms with Gasteiger partial charge in [0.15, 0.2) is 0 Å². The molecule has 1 saturated carbocycles. The summed E-state index contributed by atoms with van der Waals surface area (Å²) in [4.78, 5) is 0. The van der Waals surface area contributed by atoms with E-state index in [1.165, 1.54) is 17.6 Å². The van der Waals surface area contributed by atoms with Crippen molar-refractivity contribution >= 4 is 0 Å². The molecule has 0 aromatic carbocycles. The highest BCUT2D eigenvalue weighted by molar-refractivity contribution is 5.45. The second-order valence-corrected chi connectivity index (χ2v) is 3.26. The van der Waals surface area contributed by atoms with Crippen LogP contribution in [0.15, 0.2) is 23.3 Å². The van der Waals surface area contributed by atoms with Crippen LogP contribution in [-0.4, -0.2) is 11.2 Å². The second-order valence-electron chi connectivity index (χ2n) is 3.26. The monoisotopic (exact) mass is 136 g/mol. The lowest BCUT2D eigenvalue weighted by molar-refractivity contribution is 0.220. The van der Waals surface area contributed by atoms with E-state index < -0.39 is 0 Å². The van der Waals surface area contributed by atoms with Gasteiger partial charge in [-0.2, -0.15) is 0 Å². The van der Waals surface area contributed by atoms with Crippen LogP contribution in [0.25, 0.3) is 0 Å². The topological polar surface area (TPSA) is 20.2 Å². The van der Waals surface area contributed by atoms with Gasteiger partial charge in [-0.1, -0.05) is 19.1 Å². The molecule has 0 saturated heterocycles. The van der Waals surface area contributed by atoms with Crippen molar-refractivity contribution in [3.8, 4) is 0 Å². The molecule has 0 bridgehead atoms. The van der Waals surface area contributed by atoms with Gasteiger partial charge in [0.05, 0.1) is 6.10 Å². The number of aliphatic hydroxyl groups is 1. The average Bonchev–Trinajstić information content (AvgIpc) is 1.92. The van der Waals surface area contributed by atoms with Crippen molar-refractivity contribution in [2.45, 2.75) is 25.9 Å². The smallest absolute Gasteiger partial charge is 0.0761 e. The molecule has 1 nitrogen and oxygen atoms in total. The van der Waals surface area contributed by atoms with Gasteiger partial charge in [-0.25, -0.2) is 0 Å². The van der Waals surface area contributed by atoms with Gasteiger partial charge in [0.2, 0.25) is 0 Å². The third-order valence-corrected chi connectivity index (χ3v) is 2.41. The lowest BCUT2D eigenvalue weighted by atomic mass is 9.72. The Morgan fingerprint density at radius 3 is 3.00 bits per heavy atom. The molecule has 2 atom stereocenters. The molecule has 0 aromatic rings. The molecule has 0 radical (unpaired) electrons. The minimum atomic E-state index is -0.207. The maximum atomic E-state index is 9.23. The van der Waals surface area contributed by atoms with E-state index in [2.05, 4.69) is 13.0 Å². The fourth-order valence-corrected chi connectivity index (χ4v) is 1.75. The van der Waals surface area contributed by atoms with E-state index in [0.717, 1.165) is 6.42 Å². The Hall–Kier alpha value is -0.560. The van der Waals surface area contributed by atoms with Crippen molar-refractivity contribution < 1.29 is 5.11 Å². The van der Waals surface area contributed by atoms with Gasteiger partial charge in [0.1, 0.15) is 0 Å². The molecule has 2 unspecified atom stereocenters. The number of hydrogen-bond acceptors (Lipinski definition) is 1. The summed E-state index contributed by atoms with van der Waals surface area (Å²) in [6.07, 6.45) is 6.01. The molecule has 0 aromatic heterocycles. The largest absolute Gasteiger partial charge is 0.389 e. The molecule has 0 spiro atoms. The molecule has 2 aliphatic rings. The standard InChI is InChI=1S/C9H12O/c1-6-4-7-2-3-8(10)5-9(6)7/h2,5-6,8,10H,3-4H2,1H3. The minimum absolute atomic E-state index is 0.207. The van der Waals surface area contributed by atoms with Crippen LogP contribution in [0.4, 0.5) is 0 Å². The quantitative estimate of drug-likeness (QED) is 0.536. The first-order chi connectivity index (χ1) is 4.77. The van der Waals surface area contributed by atoms with Crippen molar-refractivity contribution in [1.29, 1.82) is 0 Å². The van der Waals surface area contributed by atoms with Crippen LogP contribution in [0.2, 0.25) is 0 Å². The summed E-state index contributed by atoms with van der Waals surface area (Å²) in [5, 5.41) is 9.23. The fraction of sp³-hybridized carbons (Fsp3) is 0.556. The number of fused-ring (bicyclic) bond motifs is 1. The van der Waals surface area contributed by atoms with E-state index in [1.807, 2.05) is 6.08 Å². The maximum absolute atomic E-state index is 9.23. The number of aliphatic hydroxyl groups excluding tert-OH is 1. The molecule has 0 heterocycles. The second kappa shape index (κ2) is 1.96. The molecule has 2 aliphatic carbocycles. The predicted octanol–water partition coefficient (Wildman–Crippen LogP) is 1.64. The van der Waals surface area contributed by atoms with Crippen LogP contribution < -0.4 is 0 Å². The Labute approximate surface area is 61.1 Å². The Kier molecular flexibility index (Phi) is 1.21. The number of rotatable bonds is 0. The van der Waals surface area contributed by atoms with Crippen LogP contribution >= 0.6 is 0 Å². The zero-order valence-corrected chi connectivity index (χ0v) is 6.17. The van der Waals surface area contributed by atoms with E-state index in [-0.39, 0.29) is 6.10 Å². The average molecular weight is 136 g/mol. The summed E-state index contributed by atoms with van der Waals surface area (Å²) < 4.78 is 0. The summed E-state index contributed by atoms with van der Waals surface area (Å²) in [6, 6.07) is 0. The van der Waals surface area contributed by atoms with Crippen LogP contribution in [0, 0.1) is 5.92 Å². The van der Waals surface area contributed by atoms with Gasteiger partial charge in [-0.05, 0) is 29.9 Å². The van der Waals surface area contributed by atoms with Gasteiger partial charge in [0.25, 0.3) is 0 Å². The molecule has 1 N–H and O–H groups in total. The molecule has 1 heteroatoms. The highest BCUT2D eigenvalue weighted by atomic mass is 16.3. The van der Waals surface area contributed by atoms with E-state index in [9.17, 15) is 5.11 Å². The van der Waals surface area contributed by atoms with E-state index in [0.29, 0.717) is 5.92 Å². The molecule has 1 fully saturated rings. The fourth-order valence-electron chi connectivity index (χ4n) is 1.75. The third-order valence-electron chi connectivity index (χ3n) is 2.41. The lowest BCUT2D eigenvalue weighted by Crippen LogP contribution is -2.22. The molecule has 0 aliphatic heterocycles.